The van der Waals surface area contributed by atoms with Crippen molar-refractivity contribution in [2.45, 2.75) is 24.9 Å². The molecule has 2 aliphatic heterocycles. The van der Waals surface area contributed by atoms with Crippen LogP contribution in [0.1, 0.15) is 23.8 Å². The van der Waals surface area contributed by atoms with E-state index >= 15 is 0 Å². The van der Waals surface area contributed by atoms with Gasteiger partial charge in [0.25, 0.3) is 0 Å². The van der Waals surface area contributed by atoms with Crippen molar-refractivity contribution in [1.82, 2.24) is 4.90 Å². The van der Waals surface area contributed by atoms with Gasteiger partial charge >= 0.3 is 0 Å². The number of furan rings is 1. The number of carbonyl (C=O) groups excluding carboxylic acids is 1. The Morgan fingerprint density at radius 2 is 2.43 bits per heavy atom. The molecule has 1 amide bonds. The van der Waals surface area contributed by atoms with E-state index < -0.39 is 0 Å². The fourth-order valence-electron chi connectivity index (χ4n) is 2.52. The molecular weight excluding hydrogens is 180 g/mol. The van der Waals surface area contributed by atoms with Gasteiger partial charge in [-0.3, -0.25) is 4.79 Å². The maximum absolute atomic E-state index is 11.6. The first kappa shape index (κ1) is 8.05. The van der Waals surface area contributed by atoms with Gasteiger partial charge < -0.3 is 15.1 Å². The molecule has 74 valence electrons. The first-order chi connectivity index (χ1) is 6.77. The molecule has 0 aromatic carbocycles. The average Bonchev–Trinajstić information content (AvgIpc) is 2.71. The van der Waals surface area contributed by atoms with Crippen molar-refractivity contribution < 1.29 is 9.21 Å². The lowest BCUT2D eigenvalue weighted by Gasteiger charge is -2.30. The summed E-state index contributed by atoms with van der Waals surface area (Å²) in [4.78, 5) is 13.4. The van der Waals surface area contributed by atoms with E-state index in [9.17, 15) is 4.79 Å². The minimum absolute atomic E-state index is 0.0602. The summed E-state index contributed by atoms with van der Waals surface area (Å²) in [6.45, 7) is 0.748. The molecule has 1 aromatic rings. The maximum Gasteiger partial charge on any atom is 0.224 e. The lowest BCUT2D eigenvalue weighted by atomic mass is 9.97. The Morgan fingerprint density at radius 3 is 3.29 bits per heavy atom. The van der Waals surface area contributed by atoms with E-state index in [0.717, 1.165) is 24.3 Å². The second-order valence-corrected chi connectivity index (χ2v) is 3.95. The van der Waals surface area contributed by atoms with Gasteiger partial charge in [-0.1, -0.05) is 0 Å². The van der Waals surface area contributed by atoms with Crippen LogP contribution in [0.2, 0.25) is 0 Å². The Balaban J connectivity index is 2.08. The molecule has 1 saturated heterocycles. The maximum atomic E-state index is 11.6. The van der Waals surface area contributed by atoms with Gasteiger partial charge in [0, 0.05) is 31.0 Å². The topological polar surface area (TPSA) is 59.5 Å². The van der Waals surface area contributed by atoms with E-state index in [1.54, 1.807) is 6.26 Å². The van der Waals surface area contributed by atoms with Crippen LogP contribution in [-0.4, -0.2) is 23.4 Å². The third-order valence-corrected chi connectivity index (χ3v) is 3.15. The van der Waals surface area contributed by atoms with Gasteiger partial charge in [-0.15, -0.1) is 0 Å². The van der Waals surface area contributed by atoms with Crippen LogP contribution in [0.4, 0.5) is 0 Å². The number of hydrogen-bond acceptors (Lipinski definition) is 3. The van der Waals surface area contributed by atoms with Gasteiger partial charge in [-0.05, 0) is 6.07 Å². The number of amides is 1. The molecule has 3 rings (SSSR count). The number of fused-ring (bicyclic) bond motifs is 3. The minimum atomic E-state index is -0.0702. The van der Waals surface area contributed by atoms with E-state index in [2.05, 4.69) is 0 Å². The molecule has 4 nitrogen and oxygen atoms in total. The molecule has 0 aliphatic carbocycles. The molecule has 1 aromatic heterocycles. The highest BCUT2D eigenvalue weighted by atomic mass is 16.3. The predicted molar refractivity (Wildman–Crippen MR) is 49.5 cm³/mol. The molecular formula is C10H12N2O2. The van der Waals surface area contributed by atoms with Crippen LogP contribution in [0.5, 0.6) is 0 Å². The fourth-order valence-corrected chi connectivity index (χ4v) is 2.52. The smallest absolute Gasteiger partial charge is 0.224 e. The summed E-state index contributed by atoms with van der Waals surface area (Å²) in [6, 6.07) is 1.93. The van der Waals surface area contributed by atoms with Gasteiger partial charge in [0.2, 0.25) is 5.91 Å². The zero-order valence-electron chi connectivity index (χ0n) is 7.77. The molecule has 0 saturated carbocycles. The Labute approximate surface area is 81.7 Å². The van der Waals surface area contributed by atoms with Gasteiger partial charge in [0.05, 0.1) is 12.3 Å². The van der Waals surface area contributed by atoms with Crippen LogP contribution in [0.15, 0.2) is 16.7 Å². The van der Waals surface area contributed by atoms with E-state index in [1.807, 2.05) is 11.0 Å². The van der Waals surface area contributed by atoms with Gasteiger partial charge in [-0.2, -0.15) is 0 Å². The summed E-state index contributed by atoms with van der Waals surface area (Å²) >= 11 is 0. The van der Waals surface area contributed by atoms with E-state index in [0.29, 0.717) is 6.42 Å². The van der Waals surface area contributed by atoms with E-state index in [1.165, 1.54) is 0 Å². The standard InChI is InChI=1S/C10H12N2O2/c11-7-5-9(13)12-3-1-8-6(10(7)12)2-4-14-8/h2,4,7,10H,1,3,5,11H2. The van der Waals surface area contributed by atoms with Crippen LogP contribution < -0.4 is 5.73 Å². The fraction of sp³-hybridized carbons (Fsp3) is 0.500. The Bertz CT molecular complexity index is 385. The summed E-state index contributed by atoms with van der Waals surface area (Å²) < 4.78 is 5.35. The zero-order valence-corrected chi connectivity index (χ0v) is 7.77. The first-order valence-electron chi connectivity index (χ1n) is 4.88. The zero-order chi connectivity index (χ0) is 9.71. The molecule has 4 heteroatoms. The van der Waals surface area contributed by atoms with Crippen molar-refractivity contribution in [3.8, 4) is 0 Å². The molecule has 2 aliphatic rings. The number of carbonyl (C=O) groups is 1. The number of nitrogens with zero attached hydrogens (tertiary/aromatic N) is 1. The van der Waals surface area contributed by atoms with Gasteiger partial charge in [0.1, 0.15) is 5.76 Å². The van der Waals surface area contributed by atoms with Crippen LogP contribution in [-0.2, 0) is 11.2 Å². The van der Waals surface area contributed by atoms with Gasteiger partial charge in [-0.25, -0.2) is 0 Å². The highest BCUT2D eigenvalue weighted by molar-refractivity contribution is 5.80. The number of hydrogen-bond donors (Lipinski definition) is 1. The summed E-state index contributed by atoms with van der Waals surface area (Å²) in [6.07, 6.45) is 2.97. The number of nitrogens with two attached hydrogens (primary N) is 1. The lowest BCUT2D eigenvalue weighted by Crippen LogP contribution is -2.37. The van der Waals surface area contributed by atoms with Crippen molar-refractivity contribution >= 4 is 5.91 Å². The predicted octanol–water partition coefficient (Wildman–Crippen LogP) is 0.436. The number of rotatable bonds is 0. The van der Waals surface area contributed by atoms with Crippen LogP contribution in [0.25, 0.3) is 0 Å². The van der Waals surface area contributed by atoms with Gasteiger partial charge in [0.15, 0.2) is 0 Å². The van der Waals surface area contributed by atoms with Crippen LogP contribution >= 0.6 is 0 Å². The molecule has 2 N–H and O–H groups in total. The van der Waals surface area contributed by atoms with Crippen molar-refractivity contribution in [1.29, 1.82) is 0 Å². The summed E-state index contributed by atoms with van der Waals surface area (Å²) in [5.74, 6) is 1.17. The largest absolute Gasteiger partial charge is 0.469 e. The molecule has 0 bridgehead atoms. The third-order valence-electron chi connectivity index (χ3n) is 3.15. The molecule has 2 atom stereocenters. The Kier molecular flexibility index (Phi) is 1.50. The lowest BCUT2D eigenvalue weighted by molar-refractivity contribution is -0.129. The second-order valence-electron chi connectivity index (χ2n) is 3.95. The van der Waals surface area contributed by atoms with Crippen LogP contribution in [0.3, 0.4) is 0 Å². The van der Waals surface area contributed by atoms with Crippen molar-refractivity contribution in [3.63, 3.8) is 0 Å². The van der Waals surface area contributed by atoms with Crippen molar-refractivity contribution in [2.24, 2.45) is 5.73 Å². The summed E-state index contributed by atoms with van der Waals surface area (Å²) in [7, 11) is 0. The molecule has 2 unspecified atom stereocenters. The van der Waals surface area contributed by atoms with E-state index in [-0.39, 0.29) is 18.0 Å². The minimum Gasteiger partial charge on any atom is -0.469 e. The second kappa shape index (κ2) is 2.60. The molecule has 14 heavy (non-hydrogen) atoms. The highest BCUT2D eigenvalue weighted by Gasteiger charge is 2.42. The SMILES string of the molecule is NC1CC(=O)N2CCc3occc3C12. The quantitative estimate of drug-likeness (QED) is 0.648. The van der Waals surface area contributed by atoms with Crippen LogP contribution in [0, 0.1) is 0 Å². The highest BCUT2D eigenvalue weighted by Crippen LogP contribution is 2.37. The normalized spacial score (nSPS) is 30.4. The molecule has 0 radical (unpaired) electrons. The molecule has 0 spiro atoms. The summed E-state index contributed by atoms with van der Waals surface area (Å²) in [5, 5.41) is 0. The summed E-state index contributed by atoms with van der Waals surface area (Å²) in [5.41, 5.74) is 7.06. The molecule has 1 fully saturated rings. The van der Waals surface area contributed by atoms with Crippen molar-refractivity contribution in [2.75, 3.05) is 6.54 Å². The third kappa shape index (κ3) is 0.889. The Morgan fingerprint density at radius 1 is 1.57 bits per heavy atom. The van der Waals surface area contributed by atoms with E-state index in [4.69, 9.17) is 10.2 Å². The van der Waals surface area contributed by atoms with Crippen molar-refractivity contribution in [3.05, 3.63) is 23.7 Å². The first-order valence-corrected chi connectivity index (χ1v) is 4.88. The monoisotopic (exact) mass is 192 g/mol. The molecule has 3 heterocycles. The Hall–Kier alpha value is -1.29. The average molecular weight is 192 g/mol.